The summed E-state index contributed by atoms with van der Waals surface area (Å²) in [5, 5.41) is 11.4. The van der Waals surface area contributed by atoms with Crippen LogP contribution in [0.3, 0.4) is 0 Å². The molecule has 1 saturated heterocycles. The molecule has 2 rings (SSSR count). The normalized spacial score (nSPS) is 20.5. The summed E-state index contributed by atoms with van der Waals surface area (Å²) < 4.78 is 22.7. The number of nitrogens with one attached hydrogen (secondary N) is 1. The number of aliphatic carboxylic acids is 1. The zero-order chi connectivity index (χ0) is 14.8. The number of amides is 1. The third kappa shape index (κ3) is 3.80. The number of hydrogen-bond acceptors (Lipinski definition) is 4. The Bertz CT molecular complexity index is 638. The predicted molar refractivity (Wildman–Crippen MR) is 73.2 cm³/mol. The van der Waals surface area contributed by atoms with E-state index in [0.29, 0.717) is 17.7 Å². The van der Waals surface area contributed by atoms with E-state index in [0.717, 1.165) is 0 Å². The Morgan fingerprint density at radius 3 is 2.70 bits per heavy atom. The van der Waals surface area contributed by atoms with Crippen molar-refractivity contribution in [2.75, 3.05) is 16.8 Å². The zero-order valence-corrected chi connectivity index (χ0v) is 11.5. The smallest absolute Gasteiger partial charge is 0.307 e. The number of benzene rings is 1. The first kappa shape index (κ1) is 14.5. The average Bonchev–Trinajstić information content (AvgIpc) is 2.69. The van der Waals surface area contributed by atoms with Crippen LogP contribution in [0.5, 0.6) is 0 Å². The van der Waals surface area contributed by atoms with Gasteiger partial charge in [-0.25, -0.2) is 8.42 Å². The van der Waals surface area contributed by atoms with Gasteiger partial charge in [-0.2, -0.15) is 0 Å². The maximum atomic E-state index is 11.9. The molecular formula is C13H15NO5S. The molecule has 1 amide bonds. The third-order valence-electron chi connectivity index (χ3n) is 3.15. The van der Waals surface area contributed by atoms with Crippen LogP contribution in [0.2, 0.25) is 0 Å². The molecule has 6 nitrogen and oxygen atoms in total. The monoisotopic (exact) mass is 297 g/mol. The van der Waals surface area contributed by atoms with Crippen molar-refractivity contribution in [3.63, 3.8) is 0 Å². The number of carbonyl (C=O) groups excluding carboxylic acids is 1. The molecule has 0 aromatic heterocycles. The van der Waals surface area contributed by atoms with Crippen molar-refractivity contribution in [1.29, 1.82) is 0 Å². The SMILES string of the molecule is O=C(O)Cc1cccc(NC(=O)C2CCS(=O)(=O)C2)c1. The fraction of sp³-hybridized carbons (Fsp3) is 0.385. The summed E-state index contributed by atoms with van der Waals surface area (Å²) >= 11 is 0. The lowest BCUT2D eigenvalue weighted by molar-refractivity contribution is -0.136. The first-order valence-electron chi connectivity index (χ1n) is 6.18. The van der Waals surface area contributed by atoms with Crippen LogP contribution >= 0.6 is 0 Å². The van der Waals surface area contributed by atoms with Crippen LogP contribution in [-0.4, -0.2) is 36.9 Å². The number of carboxylic acids is 1. The molecule has 1 heterocycles. The maximum absolute atomic E-state index is 11.9. The summed E-state index contributed by atoms with van der Waals surface area (Å²) in [6.07, 6.45) is 0.213. The van der Waals surface area contributed by atoms with E-state index in [1.807, 2.05) is 0 Å². The van der Waals surface area contributed by atoms with Gasteiger partial charge in [-0.3, -0.25) is 9.59 Å². The molecule has 2 N–H and O–H groups in total. The predicted octanol–water partition coefficient (Wildman–Crippen LogP) is 0.687. The van der Waals surface area contributed by atoms with Crippen LogP contribution in [0.1, 0.15) is 12.0 Å². The van der Waals surface area contributed by atoms with Crippen LogP contribution in [0.15, 0.2) is 24.3 Å². The molecule has 20 heavy (non-hydrogen) atoms. The highest BCUT2D eigenvalue weighted by Gasteiger charge is 2.32. The number of sulfone groups is 1. The molecule has 1 aromatic rings. The van der Waals surface area contributed by atoms with E-state index in [2.05, 4.69) is 5.32 Å². The van der Waals surface area contributed by atoms with Crippen molar-refractivity contribution in [2.45, 2.75) is 12.8 Å². The molecule has 108 valence electrons. The van der Waals surface area contributed by atoms with Gasteiger partial charge in [-0.15, -0.1) is 0 Å². The standard InChI is InChI=1S/C13H15NO5S/c15-12(16)7-9-2-1-3-11(6-9)14-13(17)10-4-5-20(18,19)8-10/h1-3,6,10H,4-5,7-8H2,(H,14,17)(H,15,16). The maximum Gasteiger partial charge on any atom is 0.307 e. The number of hydrogen-bond donors (Lipinski definition) is 2. The van der Waals surface area contributed by atoms with E-state index in [1.165, 1.54) is 0 Å². The highest BCUT2D eigenvalue weighted by molar-refractivity contribution is 7.91. The molecular weight excluding hydrogens is 282 g/mol. The molecule has 0 radical (unpaired) electrons. The molecule has 1 aromatic carbocycles. The molecule has 0 spiro atoms. The summed E-state index contributed by atoms with van der Waals surface area (Å²) in [6, 6.07) is 6.53. The second-order valence-electron chi connectivity index (χ2n) is 4.86. The minimum absolute atomic E-state index is 0.0458. The van der Waals surface area contributed by atoms with Crippen molar-refractivity contribution in [1.82, 2.24) is 0 Å². The van der Waals surface area contributed by atoms with Crippen LogP contribution in [0.4, 0.5) is 5.69 Å². The number of carboxylic acid groups (broad SMARTS) is 1. The van der Waals surface area contributed by atoms with E-state index in [1.54, 1.807) is 24.3 Å². The van der Waals surface area contributed by atoms with Crippen LogP contribution < -0.4 is 5.32 Å². The van der Waals surface area contributed by atoms with Crippen LogP contribution in [-0.2, 0) is 25.8 Å². The third-order valence-corrected chi connectivity index (χ3v) is 4.92. The minimum atomic E-state index is -3.10. The van der Waals surface area contributed by atoms with E-state index in [-0.39, 0.29) is 23.8 Å². The second-order valence-corrected chi connectivity index (χ2v) is 7.09. The topological polar surface area (TPSA) is 101 Å². The van der Waals surface area contributed by atoms with Gasteiger partial charge >= 0.3 is 5.97 Å². The molecule has 1 aliphatic rings. The Morgan fingerprint density at radius 2 is 2.10 bits per heavy atom. The number of carbonyl (C=O) groups is 2. The fourth-order valence-corrected chi connectivity index (χ4v) is 3.92. The Hall–Kier alpha value is -1.89. The van der Waals surface area contributed by atoms with Gasteiger partial charge in [0.05, 0.1) is 23.8 Å². The quantitative estimate of drug-likeness (QED) is 0.851. The summed E-state index contributed by atoms with van der Waals surface area (Å²) in [7, 11) is -3.10. The minimum Gasteiger partial charge on any atom is -0.481 e. The molecule has 0 bridgehead atoms. The van der Waals surface area contributed by atoms with E-state index < -0.39 is 21.7 Å². The molecule has 1 atom stereocenters. The van der Waals surface area contributed by atoms with Gasteiger partial charge < -0.3 is 10.4 Å². The van der Waals surface area contributed by atoms with Crippen molar-refractivity contribution in [2.24, 2.45) is 5.92 Å². The largest absolute Gasteiger partial charge is 0.481 e. The number of rotatable bonds is 4. The van der Waals surface area contributed by atoms with Crippen molar-refractivity contribution >= 4 is 27.4 Å². The fourth-order valence-electron chi connectivity index (χ4n) is 2.18. The van der Waals surface area contributed by atoms with Gasteiger partial charge in [0.25, 0.3) is 0 Å². The molecule has 1 fully saturated rings. The Labute approximate surface area is 116 Å². The highest BCUT2D eigenvalue weighted by atomic mass is 32.2. The lowest BCUT2D eigenvalue weighted by Gasteiger charge is -2.10. The Morgan fingerprint density at radius 1 is 1.35 bits per heavy atom. The van der Waals surface area contributed by atoms with E-state index in [4.69, 9.17) is 5.11 Å². The lowest BCUT2D eigenvalue weighted by atomic mass is 10.1. The summed E-state index contributed by atoms with van der Waals surface area (Å²) in [6.45, 7) is 0. The molecule has 7 heteroatoms. The molecule has 0 aliphatic carbocycles. The van der Waals surface area contributed by atoms with Gasteiger partial charge in [0.15, 0.2) is 9.84 Å². The van der Waals surface area contributed by atoms with E-state index >= 15 is 0 Å². The average molecular weight is 297 g/mol. The summed E-state index contributed by atoms with van der Waals surface area (Å²) in [5.41, 5.74) is 1.06. The first-order valence-corrected chi connectivity index (χ1v) is 8.00. The Balaban J connectivity index is 2.03. The van der Waals surface area contributed by atoms with E-state index in [9.17, 15) is 18.0 Å². The van der Waals surface area contributed by atoms with Gasteiger partial charge in [-0.1, -0.05) is 12.1 Å². The summed E-state index contributed by atoms with van der Waals surface area (Å²) in [4.78, 5) is 22.6. The van der Waals surface area contributed by atoms with Crippen molar-refractivity contribution in [3.8, 4) is 0 Å². The lowest BCUT2D eigenvalue weighted by Crippen LogP contribution is -2.23. The summed E-state index contributed by atoms with van der Waals surface area (Å²) in [5.74, 6) is -1.88. The molecule has 1 unspecified atom stereocenters. The van der Waals surface area contributed by atoms with Gasteiger partial charge in [-0.05, 0) is 24.1 Å². The van der Waals surface area contributed by atoms with Gasteiger partial charge in [0.2, 0.25) is 5.91 Å². The van der Waals surface area contributed by atoms with Crippen LogP contribution in [0, 0.1) is 5.92 Å². The first-order chi connectivity index (χ1) is 9.35. The van der Waals surface area contributed by atoms with Gasteiger partial charge in [0, 0.05) is 5.69 Å². The van der Waals surface area contributed by atoms with Gasteiger partial charge in [0.1, 0.15) is 0 Å². The Kier molecular flexibility index (Phi) is 4.08. The number of anilines is 1. The van der Waals surface area contributed by atoms with Crippen molar-refractivity contribution in [3.05, 3.63) is 29.8 Å². The van der Waals surface area contributed by atoms with Crippen LogP contribution in [0.25, 0.3) is 0 Å². The zero-order valence-electron chi connectivity index (χ0n) is 10.7. The molecule has 1 aliphatic heterocycles. The second kappa shape index (κ2) is 5.62. The van der Waals surface area contributed by atoms with Crippen molar-refractivity contribution < 1.29 is 23.1 Å². The highest BCUT2D eigenvalue weighted by Crippen LogP contribution is 2.21. The molecule has 0 saturated carbocycles.